The number of nitrogens with one attached hydrogen (secondary N) is 1. The molecule has 0 atom stereocenters. The number of rotatable bonds is 5. The molecule has 0 saturated carbocycles. The van der Waals surface area contributed by atoms with E-state index in [-0.39, 0.29) is 11.5 Å². The number of halogens is 1. The van der Waals surface area contributed by atoms with Crippen LogP contribution in [0.1, 0.15) is 28.8 Å². The fourth-order valence-corrected chi connectivity index (χ4v) is 3.04. The molecule has 1 N–H and O–H groups in total. The Hall–Kier alpha value is -2.86. The Bertz CT molecular complexity index is 897. The van der Waals surface area contributed by atoms with Crippen LogP contribution in [0.25, 0.3) is 0 Å². The van der Waals surface area contributed by atoms with Crippen molar-refractivity contribution in [1.82, 2.24) is 0 Å². The number of carbonyl (C=O) groups excluding carboxylic acids is 3. The van der Waals surface area contributed by atoms with Gasteiger partial charge in [0.05, 0.1) is 11.3 Å². The third-order valence-corrected chi connectivity index (χ3v) is 4.69. The number of amides is 2. The maximum atomic E-state index is 12.4. The second kappa shape index (κ2) is 8.22. The summed E-state index contributed by atoms with van der Waals surface area (Å²) in [6.07, 6.45) is 1.22. The van der Waals surface area contributed by atoms with Crippen LogP contribution in [0.3, 0.4) is 0 Å². The summed E-state index contributed by atoms with van der Waals surface area (Å²) < 4.78 is 5.13. The Morgan fingerprint density at radius 3 is 2.70 bits per heavy atom. The number of carbonyl (C=O) groups is 3. The normalized spacial score (nSPS) is 13.6. The summed E-state index contributed by atoms with van der Waals surface area (Å²) in [5.74, 6) is -1.15. The number of benzene rings is 2. The number of para-hydroxylation sites is 1. The Labute approximate surface area is 162 Å². The van der Waals surface area contributed by atoms with Gasteiger partial charge in [0.1, 0.15) is 0 Å². The molecule has 6 nitrogen and oxygen atoms in total. The Kier molecular flexibility index (Phi) is 5.76. The molecule has 27 heavy (non-hydrogen) atoms. The first-order valence-corrected chi connectivity index (χ1v) is 8.96. The standard InChI is InChI=1S/C20H19ClN2O4/c1-13-8-9-14(11-16(13)21)22-18(24)12-27-20(26)15-5-2-3-6-17(15)23-10-4-7-19(23)25/h2-3,5-6,8-9,11H,4,7,10,12H2,1H3,(H,22,24). The van der Waals surface area contributed by atoms with Crippen LogP contribution in [-0.2, 0) is 14.3 Å². The molecule has 2 aromatic carbocycles. The van der Waals surface area contributed by atoms with Crippen molar-refractivity contribution in [3.8, 4) is 0 Å². The van der Waals surface area contributed by atoms with Crippen molar-refractivity contribution >= 4 is 40.8 Å². The van der Waals surface area contributed by atoms with E-state index in [1.165, 1.54) is 0 Å². The summed E-state index contributed by atoms with van der Waals surface area (Å²) in [4.78, 5) is 38.0. The lowest BCUT2D eigenvalue weighted by Crippen LogP contribution is -2.27. The van der Waals surface area contributed by atoms with Gasteiger partial charge in [-0.1, -0.05) is 29.8 Å². The molecule has 1 aliphatic rings. The zero-order valence-corrected chi connectivity index (χ0v) is 15.6. The quantitative estimate of drug-likeness (QED) is 0.797. The molecule has 1 aliphatic heterocycles. The molecule has 2 amide bonds. The third-order valence-electron chi connectivity index (χ3n) is 4.28. The number of esters is 1. The van der Waals surface area contributed by atoms with Crippen molar-refractivity contribution in [3.63, 3.8) is 0 Å². The van der Waals surface area contributed by atoms with Gasteiger partial charge in [-0.05, 0) is 43.2 Å². The van der Waals surface area contributed by atoms with Gasteiger partial charge < -0.3 is 15.0 Å². The monoisotopic (exact) mass is 386 g/mol. The van der Waals surface area contributed by atoms with Gasteiger partial charge >= 0.3 is 5.97 Å². The zero-order valence-electron chi connectivity index (χ0n) is 14.8. The molecule has 1 saturated heterocycles. The predicted molar refractivity (Wildman–Crippen MR) is 103 cm³/mol. The second-order valence-corrected chi connectivity index (χ2v) is 6.66. The molecule has 0 bridgehead atoms. The van der Waals surface area contributed by atoms with Crippen molar-refractivity contribution in [3.05, 3.63) is 58.6 Å². The number of aryl methyl sites for hydroxylation is 1. The van der Waals surface area contributed by atoms with E-state index >= 15 is 0 Å². The minimum atomic E-state index is -0.651. The maximum absolute atomic E-state index is 12.4. The molecule has 0 radical (unpaired) electrons. The van der Waals surface area contributed by atoms with E-state index < -0.39 is 18.5 Å². The first kappa shape index (κ1) is 18.9. The molecule has 0 aliphatic carbocycles. The van der Waals surface area contributed by atoms with Gasteiger partial charge in [-0.2, -0.15) is 0 Å². The van der Waals surface area contributed by atoms with Crippen LogP contribution in [0.15, 0.2) is 42.5 Å². The van der Waals surface area contributed by atoms with E-state index in [2.05, 4.69) is 5.32 Å². The van der Waals surface area contributed by atoms with Gasteiger partial charge in [-0.25, -0.2) is 4.79 Å². The molecule has 0 unspecified atom stereocenters. The second-order valence-electron chi connectivity index (χ2n) is 6.25. The molecule has 140 valence electrons. The summed E-state index contributed by atoms with van der Waals surface area (Å²) in [5.41, 5.74) is 2.19. The predicted octanol–water partition coefficient (Wildman–Crippen LogP) is 3.57. The Morgan fingerprint density at radius 2 is 2.00 bits per heavy atom. The van der Waals surface area contributed by atoms with Crippen LogP contribution in [0.2, 0.25) is 5.02 Å². The van der Waals surface area contributed by atoms with Crippen LogP contribution < -0.4 is 10.2 Å². The van der Waals surface area contributed by atoms with E-state index in [9.17, 15) is 14.4 Å². The SMILES string of the molecule is Cc1ccc(NC(=O)COC(=O)c2ccccc2N2CCCC2=O)cc1Cl. The van der Waals surface area contributed by atoms with Crippen molar-refractivity contribution in [2.24, 2.45) is 0 Å². The molecule has 7 heteroatoms. The molecule has 3 rings (SSSR count). The Balaban J connectivity index is 1.63. The van der Waals surface area contributed by atoms with E-state index in [1.807, 2.05) is 6.92 Å². The topological polar surface area (TPSA) is 75.7 Å². The van der Waals surface area contributed by atoms with E-state index in [0.717, 1.165) is 12.0 Å². The molecule has 0 spiro atoms. The van der Waals surface area contributed by atoms with Crippen LogP contribution in [0.4, 0.5) is 11.4 Å². The van der Waals surface area contributed by atoms with Gasteiger partial charge in [0, 0.05) is 23.7 Å². The number of hydrogen-bond acceptors (Lipinski definition) is 4. The highest BCUT2D eigenvalue weighted by atomic mass is 35.5. The molecular formula is C20H19ClN2O4. The number of anilines is 2. The minimum Gasteiger partial charge on any atom is -0.452 e. The van der Waals surface area contributed by atoms with E-state index in [4.69, 9.17) is 16.3 Å². The Morgan fingerprint density at radius 1 is 1.22 bits per heavy atom. The first-order chi connectivity index (χ1) is 13.0. The van der Waals surface area contributed by atoms with Crippen LogP contribution in [0.5, 0.6) is 0 Å². The van der Waals surface area contributed by atoms with Gasteiger partial charge in [-0.15, -0.1) is 0 Å². The van der Waals surface area contributed by atoms with Crippen molar-refractivity contribution in [1.29, 1.82) is 0 Å². The third kappa shape index (κ3) is 4.46. The average Bonchev–Trinajstić information content (AvgIpc) is 3.08. The fraction of sp³-hybridized carbons (Fsp3) is 0.250. The fourth-order valence-electron chi connectivity index (χ4n) is 2.86. The highest BCUT2D eigenvalue weighted by Gasteiger charge is 2.26. The van der Waals surface area contributed by atoms with E-state index in [0.29, 0.717) is 29.4 Å². The van der Waals surface area contributed by atoms with Crippen molar-refractivity contribution < 1.29 is 19.1 Å². The lowest BCUT2D eigenvalue weighted by atomic mass is 10.1. The molecule has 2 aromatic rings. The largest absolute Gasteiger partial charge is 0.452 e. The van der Waals surface area contributed by atoms with Crippen LogP contribution >= 0.6 is 11.6 Å². The van der Waals surface area contributed by atoms with Crippen molar-refractivity contribution in [2.45, 2.75) is 19.8 Å². The summed E-state index contributed by atoms with van der Waals surface area (Å²) >= 11 is 6.03. The van der Waals surface area contributed by atoms with Gasteiger partial charge in [0.15, 0.2) is 6.61 Å². The smallest absolute Gasteiger partial charge is 0.340 e. The maximum Gasteiger partial charge on any atom is 0.340 e. The van der Waals surface area contributed by atoms with Crippen LogP contribution in [0, 0.1) is 6.92 Å². The number of hydrogen-bond donors (Lipinski definition) is 1. The average molecular weight is 387 g/mol. The molecule has 1 fully saturated rings. The number of ether oxygens (including phenoxy) is 1. The molecule has 0 aromatic heterocycles. The van der Waals surface area contributed by atoms with Crippen molar-refractivity contribution in [2.75, 3.05) is 23.4 Å². The highest BCUT2D eigenvalue weighted by Crippen LogP contribution is 2.26. The zero-order chi connectivity index (χ0) is 19.4. The van der Waals surface area contributed by atoms with Gasteiger partial charge in [0.2, 0.25) is 5.91 Å². The lowest BCUT2D eigenvalue weighted by Gasteiger charge is -2.18. The van der Waals surface area contributed by atoms with E-state index in [1.54, 1.807) is 47.4 Å². The lowest BCUT2D eigenvalue weighted by molar-refractivity contribution is -0.119. The molecule has 1 heterocycles. The summed E-state index contributed by atoms with van der Waals surface area (Å²) in [6, 6.07) is 11.9. The van der Waals surface area contributed by atoms with Gasteiger partial charge in [0.25, 0.3) is 5.91 Å². The summed E-state index contributed by atoms with van der Waals surface area (Å²) in [6.45, 7) is 1.99. The summed E-state index contributed by atoms with van der Waals surface area (Å²) in [7, 11) is 0. The summed E-state index contributed by atoms with van der Waals surface area (Å²) in [5, 5.41) is 3.16. The van der Waals surface area contributed by atoms with Gasteiger partial charge in [-0.3, -0.25) is 9.59 Å². The first-order valence-electron chi connectivity index (χ1n) is 8.58. The minimum absolute atomic E-state index is 0.0238. The number of nitrogens with zero attached hydrogens (tertiary/aromatic N) is 1. The highest BCUT2D eigenvalue weighted by molar-refractivity contribution is 6.31. The molecular weight excluding hydrogens is 368 g/mol. The van der Waals surface area contributed by atoms with Crippen LogP contribution in [-0.4, -0.2) is 30.9 Å².